The molecule has 5 aromatic rings. The Kier molecular flexibility index (Phi) is 7.30. The van der Waals surface area contributed by atoms with Crippen molar-refractivity contribution in [2.45, 2.75) is 6.92 Å². The Morgan fingerprint density at radius 2 is 1.68 bits per heavy atom. The van der Waals surface area contributed by atoms with Gasteiger partial charge in [-0.1, -0.05) is 42.5 Å². The highest BCUT2D eigenvalue weighted by Crippen LogP contribution is 2.29. The Morgan fingerprint density at radius 1 is 0.946 bits per heavy atom. The number of anilines is 1. The molecule has 0 atom stereocenters. The highest BCUT2D eigenvalue weighted by molar-refractivity contribution is 9.10. The number of rotatable bonds is 6. The topological polar surface area (TPSA) is 76.4 Å². The van der Waals surface area contributed by atoms with Gasteiger partial charge in [0.25, 0.3) is 5.91 Å². The lowest BCUT2D eigenvalue weighted by atomic mass is 10.0. The van der Waals surface area contributed by atoms with Crippen LogP contribution in [0.4, 0.5) is 5.69 Å². The van der Waals surface area contributed by atoms with Crippen molar-refractivity contribution in [2.24, 2.45) is 0 Å². The monoisotopic (exact) mass is 571 g/mol. The lowest BCUT2D eigenvalue weighted by Gasteiger charge is -2.11. The maximum absolute atomic E-state index is 12.6. The number of benzene rings is 4. The molecule has 2 N–H and O–H groups in total. The number of halogens is 1. The number of thiocarbonyl (C=S) groups is 1. The van der Waals surface area contributed by atoms with Crippen molar-refractivity contribution in [3.63, 3.8) is 0 Å². The number of carbonyl (C=O) groups is 1. The molecule has 1 aromatic heterocycles. The molecule has 1 heterocycles. The number of oxazole rings is 1. The molecule has 6 nitrogen and oxygen atoms in total. The summed E-state index contributed by atoms with van der Waals surface area (Å²) in [7, 11) is 0. The van der Waals surface area contributed by atoms with Crippen molar-refractivity contribution in [2.75, 3.05) is 11.9 Å². The van der Waals surface area contributed by atoms with E-state index in [1.165, 1.54) is 0 Å². The molecule has 0 spiro atoms. The van der Waals surface area contributed by atoms with E-state index in [0.717, 1.165) is 16.7 Å². The fourth-order valence-electron chi connectivity index (χ4n) is 3.82. The summed E-state index contributed by atoms with van der Waals surface area (Å²) >= 11 is 8.77. The molecule has 184 valence electrons. The van der Waals surface area contributed by atoms with E-state index < -0.39 is 0 Å². The van der Waals surface area contributed by atoms with Crippen LogP contribution in [-0.4, -0.2) is 22.6 Å². The molecule has 0 bridgehead atoms. The van der Waals surface area contributed by atoms with Crippen LogP contribution in [0.2, 0.25) is 0 Å². The van der Waals surface area contributed by atoms with Crippen LogP contribution < -0.4 is 15.4 Å². The zero-order chi connectivity index (χ0) is 25.8. The zero-order valence-electron chi connectivity index (χ0n) is 19.8. The van der Waals surface area contributed by atoms with Crippen LogP contribution in [0.5, 0.6) is 5.75 Å². The van der Waals surface area contributed by atoms with Crippen LogP contribution in [0.3, 0.4) is 0 Å². The lowest BCUT2D eigenvalue weighted by molar-refractivity contribution is 0.0977. The smallest absolute Gasteiger partial charge is 0.257 e. The number of fused-ring (bicyclic) bond motifs is 1. The van der Waals surface area contributed by atoms with Crippen LogP contribution in [0, 0.1) is 0 Å². The Bertz CT molecular complexity index is 1580. The van der Waals surface area contributed by atoms with Crippen LogP contribution in [0.15, 0.2) is 99.9 Å². The van der Waals surface area contributed by atoms with Gasteiger partial charge in [0.2, 0.25) is 5.89 Å². The summed E-state index contributed by atoms with van der Waals surface area (Å²) in [5.41, 5.74) is 5.63. The number of nitrogens with zero attached hydrogens (tertiary/aromatic N) is 1. The van der Waals surface area contributed by atoms with Crippen molar-refractivity contribution in [1.82, 2.24) is 10.3 Å². The van der Waals surface area contributed by atoms with E-state index in [4.69, 9.17) is 21.4 Å². The molecule has 37 heavy (non-hydrogen) atoms. The van der Waals surface area contributed by atoms with Crippen molar-refractivity contribution in [3.8, 4) is 28.3 Å². The zero-order valence-corrected chi connectivity index (χ0v) is 22.2. The Morgan fingerprint density at radius 3 is 2.41 bits per heavy atom. The molecule has 4 aromatic carbocycles. The van der Waals surface area contributed by atoms with Crippen LogP contribution in [0.1, 0.15) is 17.3 Å². The molecule has 0 saturated heterocycles. The average Bonchev–Trinajstić information content (AvgIpc) is 3.34. The standard InChI is InChI=1S/C29H22BrN3O3S/c1-2-35-25-14-12-21(16-23(25)30)27(34)33-29(37)31-22-13-15-26-24(17-22)32-28(36-26)20-10-8-19(9-11-20)18-6-4-3-5-7-18/h3-17H,2H2,1H3,(H2,31,33,34,37). The third-order valence-electron chi connectivity index (χ3n) is 5.61. The second-order valence-corrected chi connectivity index (χ2v) is 9.39. The summed E-state index contributed by atoms with van der Waals surface area (Å²) in [6.07, 6.45) is 0. The van der Waals surface area contributed by atoms with Gasteiger partial charge in [-0.25, -0.2) is 4.98 Å². The minimum atomic E-state index is -0.329. The highest BCUT2D eigenvalue weighted by atomic mass is 79.9. The minimum Gasteiger partial charge on any atom is -0.493 e. The first-order valence-corrected chi connectivity index (χ1v) is 12.8. The van der Waals surface area contributed by atoms with Gasteiger partial charge in [0.15, 0.2) is 10.7 Å². The molecule has 1 amide bonds. The maximum Gasteiger partial charge on any atom is 0.257 e. The fraction of sp³-hybridized carbons (Fsp3) is 0.0690. The SMILES string of the molecule is CCOc1ccc(C(=O)NC(=S)Nc2ccc3oc(-c4ccc(-c5ccccc5)cc4)nc3c2)cc1Br. The summed E-state index contributed by atoms with van der Waals surface area (Å²) in [4.78, 5) is 17.3. The van der Waals surface area contributed by atoms with Gasteiger partial charge < -0.3 is 14.5 Å². The predicted octanol–water partition coefficient (Wildman–Crippen LogP) is 7.45. The first-order chi connectivity index (χ1) is 18.0. The second kappa shape index (κ2) is 10.9. The summed E-state index contributed by atoms with van der Waals surface area (Å²) in [6, 6.07) is 28.9. The first kappa shape index (κ1) is 24.7. The Balaban J connectivity index is 1.26. The number of nitrogens with one attached hydrogen (secondary N) is 2. The van der Waals surface area contributed by atoms with Crippen molar-refractivity contribution in [1.29, 1.82) is 0 Å². The summed E-state index contributed by atoms with van der Waals surface area (Å²) in [5, 5.41) is 5.91. The predicted molar refractivity (Wildman–Crippen MR) is 154 cm³/mol. The second-order valence-electron chi connectivity index (χ2n) is 8.13. The van der Waals surface area contributed by atoms with Crippen molar-refractivity contribution < 1.29 is 13.9 Å². The van der Waals surface area contributed by atoms with E-state index in [1.807, 2.05) is 55.5 Å². The number of aromatic nitrogens is 1. The van der Waals surface area contributed by atoms with Crippen molar-refractivity contribution in [3.05, 3.63) is 101 Å². The van der Waals surface area contributed by atoms with Gasteiger partial charge in [-0.3, -0.25) is 10.1 Å². The number of hydrogen-bond donors (Lipinski definition) is 2. The van der Waals surface area contributed by atoms with Gasteiger partial charge in [-0.05, 0) is 94.7 Å². The molecule has 0 aliphatic heterocycles. The Labute approximate surface area is 227 Å². The van der Waals surface area contributed by atoms with E-state index >= 15 is 0 Å². The largest absolute Gasteiger partial charge is 0.493 e. The minimum absolute atomic E-state index is 0.176. The van der Waals surface area contributed by atoms with E-state index in [-0.39, 0.29) is 11.0 Å². The van der Waals surface area contributed by atoms with E-state index in [1.54, 1.807) is 18.2 Å². The third kappa shape index (κ3) is 5.71. The number of ether oxygens (including phenoxy) is 1. The van der Waals surface area contributed by atoms with Crippen molar-refractivity contribution >= 4 is 56.0 Å². The molecule has 0 radical (unpaired) electrons. The van der Waals surface area contributed by atoms with Crippen LogP contribution in [0.25, 0.3) is 33.7 Å². The maximum atomic E-state index is 12.6. The van der Waals surface area contributed by atoms with Crippen LogP contribution >= 0.6 is 28.1 Å². The summed E-state index contributed by atoms with van der Waals surface area (Å²) in [5.74, 6) is 0.876. The lowest BCUT2D eigenvalue weighted by Crippen LogP contribution is -2.34. The van der Waals surface area contributed by atoms with Gasteiger partial charge in [0.05, 0.1) is 11.1 Å². The fourth-order valence-corrected chi connectivity index (χ4v) is 4.52. The molecule has 0 unspecified atom stereocenters. The van der Waals surface area contributed by atoms with Gasteiger partial charge in [0, 0.05) is 16.8 Å². The molecule has 8 heteroatoms. The highest BCUT2D eigenvalue weighted by Gasteiger charge is 2.13. The van der Waals surface area contributed by atoms with Gasteiger partial charge in [0.1, 0.15) is 11.3 Å². The molecule has 0 saturated carbocycles. The Hall–Kier alpha value is -4.01. The van der Waals surface area contributed by atoms with E-state index in [9.17, 15) is 4.79 Å². The molecule has 0 aliphatic carbocycles. The van der Waals surface area contributed by atoms with Gasteiger partial charge >= 0.3 is 0 Å². The summed E-state index contributed by atoms with van der Waals surface area (Å²) in [6.45, 7) is 2.44. The molecule has 0 fully saturated rings. The molecule has 5 rings (SSSR count). The first-order valence-electron chi connectivity index (χ1n) is 11.6. The third-order valence-corrected chi connectivity index (χ3v) is 6.43. The average molecular weight is 572 g/mol. The molecular weight excluding hydrogens is 550 g/mol. The normalized spacial score (nSPS) is 10.8. The van der Waals surface area contributed by atoms with E-state index in [0.29, 0.717) is 45.1 Å². The number of carbonyl (C=O) groups excluding carboxylic acids is 1. The molecular formula is C29H22BrN3O3S. The number of hydrogen-bond acceptors (Lipinski definition) is 5. The van der Waals surface area contributed by atoms with Gasteiger partial charge in [-0.2, -0.15) is 0 Å². The van der Waals surface area contributed by atoms with Gasteiger partial charge in [-0.15, -0.1) is 0 Å². The summed E-state index contributed by atoms with van der Waals surface area (Å²) < 4.78 is 12.2. The quantitative estimate of drug-likeness (QED) is 0.206. The van der Waals surface area contributed by atoms with Crippen LogP contribution in [-0.2, 0) is 0 Å². The van der Waals surface area contributed by atoms with E-state index in [2.05, 4.69) is 55.8 Å². The number of amides is 1. The molecule has 0 aliphatic rings.